The van der Waals surface area contributed by atoms with Gasteiger partial charge in [0.1, 0.15) is 0 Å². The van der Waals surface area contributed by atoms with Crippen LogP contribution in [0.3, 0.4) is 0 Å². The van der Waals surface area contributed by atoms with Gasteiger partial charge < -0.3 is 5.32 Å². The molecule has 3 heteroatoms. The fourth-order valence-corrected chi connectivity index (χ4v) is 4.26. The van der Waals surface area contributed by atoms with Crippen LogP contribution in [-0.2, 0) is 6.42 Å². The minimum atomic E-state index is 0.309. The van der Waals surface area contributed by atoms with Crippen LogP contribution < -0.4 is 5.32 Å². The van der Waals surface area contributed by atoms with Crippen LogP contribution in [0.2, 0.25) is 0 Å². The summed E-state index contributed by atoms with van der Waals surface area (Å²) in [5.41, 5.74) is 0.309. The van der Waals surface area contributed by atoms with Crippen molar-refractivity contribution in [2.24, 2.45) is 0 Å². The summed E-state index contributed by atoms with van der Waals surface area (Å²) < 4.78 is 0. The third-order valence-corrected chi connectivity index (χ3v) is 5.94. The highest BCUT2D eigenvalue weighted by Crippen LogP contribution is 2.30. The molecule has 0 saturated carbocycles. The van der Waals surface area contributed by atoms with Gasteiger partial charge in [-0.3, -0.25) is 4.90 Å². The Morgan fingerprint density at radius 2 is 2.10 bits per heavy atom. The summed E-state index contributed by atoms with van der Waals surface area (Å²) in [6.07, 6.45) is 6.43. The van der Waals surface area contributed by atoms with E-state index in [0.29, 0.717) is 11.6 Å². The zero-order valence-electron chi connectivity index (χ0n) is 13.3. The van der Waals surface area contributed by atoms with Crippen molar-refractivity contribution >= 4 is 11.3 Å². The molecule has 2 atom stereocenters. The zero-order chi connectivity index (χ0) is 14.4. The van der Waals surface area contributed by atoms with E-state index < -0.39 is 0 Å². The molecule has 2 heterocycles. The van der Waals surface area contributed by atoms with Gasteiger partial charge in [-0.2, -0.15) is 0 Å². The van der Waals surface area contributed by atoms with Crippen molar-refractivity contribution < 1.29 is 0 Å². The minimum absolute atomic E-state index is 0.309. The van der Waals surface area contributed by atoms with E-state index in [4.69, 9.17) is 0 Å². The highest BCUT2D eigenvalue weighted by atomic mass is 32.1. The Morgan fingerprint density at radius 1 is 1.35 bits per heavy atom. The van der Waals surface area contributed by atoms with Gasteiger partial charge >= 0.3 is 0 Å². The molecule has 0 bridgehead atoms. The second-order valence-corrected chi connectivity index (χ2v) is 7.17. The quantitative estimate of drug-likeness (QED) is 0.781. The molecule has 1 fully saturated rings. The fraction of sp³-hybridized carbons (Fsp3) is 0.765. The van der Waals surface area contributed by atoms with Crippen molar-refractivity contribution in [1.29, 1.82) is 0 Å². The third-order valence-electron chi connectivity index (χ3n) is 5.00. The maximum Gasteiger partial charge on any atom is 0.0331 e. The molecule has 0 spiro atoms. The zero-order valence-corrected chi connectivity index (χ0v) is 14.1. The molecule has 1 aliphatic heterocycles. The lowest BCUT2D eigenvalue weighted by Crippen LogP contribution is -2.58. The maximum atomic E-state index is 3.78. The van der Waals surface area contributed by atoms with E-state index in [2.05, 4.69) is 48.5 Å². The second kappa shape index (κ2) is 7.58. The number of likely N-dealkylation sites (tertiary alicyclic amines) is 1. The van der Waals surface area contributed by atoms with E-state index in [-0.39, 0.29) is 0 Å². The van der Waals surface area contributed by atoms with Crippen molar-refractivity contribution in [3.8, 4) is 0 Å². The van der Waals surface area contributed by atoms with Gasteiger partial charge in [-0.05, 0) is 70.1 Å². The Labute approximate surface area is 128 Å². The first-order chi connectivity index (χ1) is 9.70. The summed E-state index contributed by atoms with van der Waals surface area (Å²) in [4.78, 5) is 4.25. The van der Waals surface area contributed by atoms with Crippen LogP contribution in [0, 0.1) is 0 Å². The molecular formula is C17H30N2S. The van der Waals surface area contributed by atoms with Gasteiger partial charge in [0.2, 0.25) is 0 Å². The van der Waals surface area contributed by atoms with Gasteiger partial charge in [-0.25, -0.2) is 0 Å². The molecule has 1 N–H and O–H groups in total. The van der Waals surface area contributed by atoms with Crippen molar-refractivity contribution in [2.45, 2.75) is 64.5 Å². The van der Waals surface area contributed by atoms with E-state index in [9.17, 15) is 0 Å². The van der Waals surface area contributed by atoms with Crippen LogP contribution in [0.5, 0.6) is 0 Å². The van der Waals surface area contributed by atoms with Crippen LogP contribution in [-0.4, -0.2) is 36.1 Å². The predicted molar refractivity (Wildman–Crippen MR) is 89.6 cm³/mol. The van der Waals surface area contributed by atoms with Gasteiger partial charge in [0.15, 0.2) is 0 Å². The molecule has 2 nitrogen and oxygen atoms in total. The van der Waals surface area contributed by atoms with Crippen molar-refractivity contribution in [1.82, 2.24) is 10.2 Å². The first-order valence-corrected chi connectivity index (χ1v) is 9.09. The minimum Gasteiger partial charge on any atom is -0.312 e. The van der Waals surface area contributed by atoms with Gasteiger partial charge in [0, 0.05) is 16.5 Å². The SMILES string of the molecule is CCNC(CCc1cccs1)C(C)(CC)N1CCCC1. The number of likely N-dealkylation sites (N-methyl/N-ethyl adjacent to an activating group) is 1. The number of thiophene rings is 1. The highest BCUT2D eigenvalue weighted by Gasteiger charge is 2.38. The van der Waals surface area contributed by atoms with Crippen molar-refractivity contribution in [3.63, 3.8) is 0 Å². The Morgan fingerprint density at radius 3 is 2.65 bits per heavy atom. The summed E-state index contributed by atoms with van der Waals surface area (Å²) in [6.45, 7) is 10.7. The Kier molecular flexibility index (Phi) is 6.06. The van der Waals surface area contributed by atoms with E-state index in [1.165, 1.54) is 50.1 Å². The number of nitrogens with one attached hydrogen (secondary N) is 1. The molecule has 2 rings (SSSR count). The van der Waals surface area contributed by atoms with Crippen LogP contribution in [0.25, 0.3) is 0 Å². The summed E-state index contributed by atoms with van der Waals surface area (Å²) in [6, 6.07) is 5.03. The molecule has 0 aromatic carbocycles. The van der Waals surface area contributed by atoms with Gasteiger partial charge in [0.25, 0.3) is 0 Å². The average Bonchev–Trinajstić information content (AvgIpc) is 3.15. The highest BCUT2D eigenvalue weighted by molar-refractivity contribution is 7.09. The normalized spacial score (nSPS) is 20.9. The average molecular weight is 295 g/mol. The first kappa shape index (κ1) is 16.0. The Hall–Kier alpha value is -0.380. The molecule has 1 saturated heterocycles. The van der Waals surface area contributed by atoms with Crippen molar-refractivity contribution in [2.75, 3.05) is 19.6 Å². The van der Waals surface area contributed by atoms with E-state index in [0.717, 1.165) is 6.54 Å². The molecule has 2 unspecified atom stereocenters. The lowest BCUT2D eigenvalue weighted by molar-refractivity contribution is 0.0812. The number of hydrogen-bond acceptors (Lipinski definition) is 3. The monoisotopic (exact) mass is 294 g/mol. The van der Waals surface area contributed by atoms with Crippen LogP contribution in [0.1, 0.15) is 51.3 Å². The van der Waals surface area contributed by atoms with E-state index in [1.807, 2.05) is 11.3 Å². The standard InChI is InChI=1S/C17H30N2S/c1-4-17(3,19-12-6-7-13-19)16(18-5-2)11-10-15-9-8-14-20-15/h8-9,14,16,18H,4-7,10-13H2,1-3H3. The lowest BCUT2D eigenvalue weighted by Gasteiger charge is -2.45. The maximum absolute atomic E-state index is 3.78. The lowest BCUT2D eigenvalue weighted by atomic mass is 9.84. The van der Waals surface area contributed by atoms with Crippen LogP contribution >= 0.6 is 11.3 Å². The van der Waals surface area contributed by atoms with Crippen LogP contribution in [0.4, 0.5) is 0 Å². The summed E-state index contributed by atoms with van der Waals surface area (Å²) in [7, 11) is 0. The fourth-order valence-electron chi connectivity index (χ4n) is 3.54. The van der Waals surface area contributed by atoms with E-state index in [1.54, 1.807) is 0 Å². The predicted octanol–water partition coefficient (Wildman–Crippen LogP) is 3.92. The topological polar surface area (TPSA) is 15.3 Å². The molecule has 1 aromatic rings. The molecule has 114 valence electrons. The smallest absolute Gasteiger partial charge is 0.0331 e. The number of nitrogens with zero attached hydrogens (tertiary/aromatic N) is 1. The Bertz CT molecular complexity index is 370. The largest absolute Gasteiger partial charge is 0.312 e. The Balaban J connectivity index is 2.03. The van der Waals surface area contributed by atoms with Gasteiger partial charge in [0.05, 0.1) is 0 Å². The molecular weight excluding hydrogens is 264 g/mol. The van der Waals surface area contributed by atoms with Gasteiger partial charge in [-0.15, -0.1) is 11.3 Å². The number of hydrogen-bond donors (Lipinski definition) is 1. The summed E-state index contributed by atoms with van der Waals surface area (Å²) in [5, 5.41) is 5.97. The first-order valence-electron chi connectivity index (χ1n) is 8.21. The molecule has 1 aromatic heterocycles. The molecule has 0 aliphatic carbocycles. The molecule has 0 amide bonds. The number of rotatable bonds is 8. The molecule has 0 radical (unpaired) electrons. The second-order valence-electron chi connectivity index (χ2n) is 6.13. The third kappa shape index (κ3) is 3.63. The van der Waals surface area contributed by atoms with Crippen molar-refractivity contribution in [3.05, 3.63) is 22.4 Å². The summed E-state index contributed by atoms with van der Waals surface area (Å²) >= 11 is 1.89. The van der Waals surface area contributed by atoms with E-state index >= 15 is 0 Å². The summed E-state index contributed by atoms with van der Waals surface area (Å²) in [5.74, 6) is 0. The number of aryl methyl sites for hydroxylation is 1. The molecule has 20 heavy (non-hydrogen) atoms. The molecule has 1 aliphatic rings. The van der Waals surface area contributed by atoms with Crippen LogP contribution in [0.15, 0.2) is 17.5 Å². The van der Waals surface area contributed by atoms with Gasteiger partial charge in [-0.1, -0.05) is 19.9 Å².